The minimum absolute atomic E-state index is 0.0303. The number of nitrogens with one attached hydrogen (secondary N) is 1. The number of benzene rings is 4. The van der Waals surface area contributed by atoms with Gasteiger partial charge in [-0.05, 0) is 48.9 Å². The summed E-state index contributed by atoms with van der Waals surface area (Å²) in [5.41, 5.74) is 4.49. The predicted octanol–water partition coefficient (Wildman–Crippen LogP) is 4.94. The quantitative estimate of drug-likeness (QED) is 0.265. The topological polar surface area (TPSA) is 99.1 Å². The van der Waals surface area contributed by atoms with E-state index < -0.39 is 15.9 Å². The van der Waals surface area contributed by atoms with E-state index in [4.69, 9.17) is 0 Å². The lowest BCUT2D eigenvalue weighted by atomic mass is 10.1. The number of amides is 1. The zero-order valence-corrected chi connectivity index (χ0v) is 20.4. The molecule has 0 radical (unpaired) electrons. The normalized spacial score (nSPS) is 11.6. The second-order valence-electron chi connectivity index (χ2n) is 7.98. The molecule has 1 amide bonds. The summed E-state index contributed by atoms with van der Waals surface area (Å²) in [6.07, 6.45) is 0. The minimum Gasteiger partial charge on any atom is -0.507 e. The summed E-state index contributed by atoms with van der Waals surface area (Å²) in [5, 5.41) is 14.2. The van der Waals surface area contributed by atoms with Crippen LogP contribution in [-0.4, -0.2) is 25.1 Å². The Balaban J connectivity index is 1.73. The van der Waals surface area contributed by atoms with Gasteiger partial charge in [0.05, 0.1) is 28.4 Å². The van der Waals surface area contributed by atoms with E-state index in [1.807, 2.05) is 30.3 Å². The lowest BCUT2D eigenvalue weighted by Crippen LogP contribution is -2.33. The largest absolute Gasteiger partial charge is 0.507 e. The molecule has 0 atom stereocenters. The Morgan fingerprint density at radius 1 is 0.806 bits per heavy atom. The van der Waals surface area contributed by atoms with Crippen molar-refractivity contribution >= 4 is 27.3 Å². The summed E-state index contributed by atoms with van der Waals surface area (Å²) < 4.78 is 28.7. The number of para-hydroxylation sites is 2. The molecule has 0 aromatic heterocycles. The zero-order chi connectivity index (χ0) is 25.5. The second-order valence-corrected chi connectivity index (χ2v) is 9.85. The molecule has 4 rings (SSSR count). The van der Waals surface area contributed by atoms with Gasteiger partial charge in [0.25, 0.3) is 15.9 Å². The molecule has 0 bridgehead atoms. The summed E-state index contributed by atoms with van der Waals surface area (Å²) in [6, 6.07) is 30.4. The highest BCUT2D eigenvalue weighted by Crippen LogP contribution is 2.29. The van der Waals surface area contributed by atoms with Crippen LogP contribution in [0.15, 0.2) is 119 Å². The average Bonchev–Trinajstić information content (AvgIpc) is 2.91. The lowest BCUT2D eigenvalue weighted by Gasteiger charge is -2.26. The molecule has 0 fully saturated rings. The van der Waals surface area contributed by atoms with Crippen molar-refractivity contribution in [2.45, 2.75) is 18.4 Å². The van der Waals surface area contributed by atoms with Crippen molar-refractivity contribution < 1.29 is 18.3 Å². The van der Waals surface area contributed by atoms with Crippen LogP contribution in [0.4, 0.5) is 5.69 Å². The molecule has 2 N–H and O–H groups in total. The van der Waals surface area contributed by atoms with Crippen molar-refractivity contribution in [2.75, 3.05) is 4.31 Å². The van der Waals surface area contributed by atoms with Gasteiger partial charge < -0.3 is 5.11 Å². The van der Waals surface area contributed by atoms with Gasteiger partial charge in [-0.2, -0.15) is 5.10 Å². The van der Waals surface area contributed by atoms with E-state index in [9.17, 15) is 18.3 Å². The molecule has 0 saturated carbocycles. The number of phenols is 1. The van der Waals surface area contributed by atoms with E-state index >= 15 is 0 Å². The highest BCUT2D eigenvalue weighted by molar-refractivity contribution is 7.92. The molecule has 0 aliphatic carbocycles. The zero-order valence-electron chi connectivity index (χ0n) is 19.6. The van der Waals surface area contributed by atoms with Crippen molar-refractivity contribution in [2.24, 2.45) is 5.10 Å². The van der Waals surface area contributed by atoms with Crippen LogP contribution >= 0.6 is 0 Å². The summed E-state index contributed by atoms with van der Waals surface area (Å²) in [4.78, 5) is 13.3. The summed E-state index contributed by atoms with van der Waals surface area (Å²) in [6.45, 7) is 1.69. The minimum atomic E-state index is -4.00. The Bertz CT molecular complexity index is 1490. The number of hydrogen-bond donors (Lipinski definition) is 2. The number of nitrogens with zero attached hydrogens (tertiary/aromatic N) is 2. The van der Waals surface area contributed by atoms with Crippen LogP contribution in [0.2, 0.25) is 0 Å². The first-order chi connectivity index (χ1) is 17.4. The van der Waals surface area contributed by atoms with Gasteiger partial charge in [-0.1, -0.05) is 72.8 Å². The second kappa shape index (κ2) is 10.9. The van der Waals surface area contributed by atoms with Gasteiger partial charge in [0.2, 0.25) is 0 Å². The molecule has 0 saturated heterocycles. The van der Waals surface area contributed by atoms with Gasteiger partial charge in [-0.15, -0.1) is 0 Å². The third-order valence-corrected chi connectivity index (χ3v) is 7.31. The highest BCUT2D eigenvalue weighted by atomic mass is 32.2. The number of rotatable bonds is 8. The smallest absolute Gasteiger partial charge is 0.273 e. The van der Waals surface area contributed by atoms with Crippen LogP contribution in [-0.2, 0) is 16.6 Å². The van der Waals surface area contributed by atoms with Gasteiger partial charge in [0.15, 0.2) is 0 Å². The van der Waals surface area contributed by atoms with Gasteiger partial charge in [0.1, 0.15) is 5.75 Å². The molecule has 0 unspecified atom stereocenters. The monoisotopic (exact) mass is 499 g/mol. The van der Waals surface area contributed by atoms with Crippen molar-refractivity contribution in [1.82, 2.24) is 5.43 Å². The fraction of sp³-hybridized carbons (Fsp3) is 0.0714. The molecular formula is C28H25N3O4S. The number of anilines is 1. The van der Waals surface area contributed by atoms with Gasteiger partial charge >= 0.3 is 0 Å². The van der Waals surface area contributed by atoms with Gasteiger partial charge in [-0.25, -0.2) is 13.8 Å². The third kappa shape index (κ3) is 5.45. The summed E-state index contributed by atoms with van der Waals surface area (Å²) >= 11 is 0. The number of carbonyl (C=O) groups excluding carboxylic acids is 1. The van der Waals surface area contributed by atoms with Crippen LogP contribution in [0.1, 0.15) is 28.4 Å². The fourth-order valence-corrected chi connectivity index (χ4v) is 5.18. The molecule has 4 aromatic rings. The molecule has 0 aliphatic heterocycles. The van der Waals surface area contributed by atoms with Crippen molar-refractivity contribution in [1.29, 1.82) is 0 Å². The molecule has 8 heteroatoms. The Hall–Kier alpha value is -4.43. The molecule has 4 aromatic carbocycles. The van der Waals surface area contributed by atoms with Crippen LogP contribution in [0.3, 0.4) is 0 Å². The number of aromatic hydroxyl groups is 1. The fourth-order valence-electron chi connectivity index (χ4n) is 3.69. The maximum Gasteiger partial charge on any atom is 0.273 e. The number of hydrazone groups is 1. The van der Waals surface area contributed by atoms with Crippen LogP contribution in [0.25, 0.3) is 0 Å². The summed E-state index contributed by atoms with van der Waals surface area (Å²) in [7, 11) is -4.00. The highest BCUT2D eigenvalue weighted by Gasteiger charge is 2.28. The first-order valence-electron chi connectivity index (χ1n) is 11.2. The third-order valence-electron chi connectivity index (χ3n) is 5.54. The Kier molecular flexibility index (Phi) is 7.46. The van der Waals surface area contributed by atoms with Crippen molar-refractivity contribution in [3.8, 4) is 5.75 Å². The Morgan fingerprint density at radius 3 is 2.03 bits per heavy atom. The summed E-state index contributed by atoms with van der Waals surface area (Å²) in [5.74, 6) is -0.543. The molecule has 7 nitrogen and oxygen atoms in total. The van der Waals surface area contributed by atoms with E-state index in [2.05, 4.69) is 10.5 Å². The maximum atomic E-state index is 13.7. The van der Waals surface area contributed by atoms with Crippen LogP contribution in [0.5, 0.6) is 5.75 Å². The molecular weight excluding hydrogens is 474 g/mol. The standard InChI is InChI=1S/C28H25N3O4S/c1-21(24-16-9-11-19-27(24)32)29-30-28(33)25-17-8-10-18-26(25)31(20-22-12-4-2-5-13-22)36(34,35)23-14-6-3-7-15-23/h2-19,32H,20H2,1H3,(H,30,33). The van der Waals surface area contributed by atoms with Crippen LogP contribution in [0, 0.1) is 0 Å². The van der Waals surface area contributed by atoms with E-state index in [1.165, 1.54) is 22.5 Å². The Labute approximate surface area is 210 Å². The SMILES string of the molecule is CC(=NNC(=O)c1ccccc1N(Cc1ccccc1)S(=O)(=O)c1ccccc1)c1ccccc1O. The number of sulfonamides is 1. The molecule has 0 aliphatic rings. The molecule has 36 heavy (non-hydrogen) atoms. The Morgan fingerprint density at radius 2 is 1.36 bits per heavy atom. The van der Waals surface area contributed by atoms with E-state index in [0.29, 0.717) is 11.3 Å². The molecule has 182 valence electrons. The van der Waals surface area contributed by atoms with E-state index in [1.54, 1.807) is 67.6 Å². The van der Waals surface area contributed by atoms with Gasteiger partial charge in [0, 0.05) is 5.56 Å². The van der Waals surface area contributed by atoms with Crippen molar-refractivity contribution in [3.63, 3.8) is 0 Å². The first-order valence-corrected chi connectivity index (χ1v) is 12.7. The first kappa shape index (κ1) is 24.7. The predicted molar refractivity (Wildman–Crippen MR) is 140 cm³/mol. The number of phenolic OH excluding ortho intramolecular Hbond substituents is 1. The van der Waals surface area contributed by atoms with E-state index in [-0.39, 0.29) is 28.4 Å². The van der Waals surface area contributed by atoms with E-state index in [0.717, 1.165) is 5.56 Å². The maximum absolute atomic E-state index is 13.7. The molecule has 0 spiro atoms. The lowest BCUT2D eigenvalue weighted by molar-refractivity contribution is 0.0955. The van der Waals surface area contributed by atoms with Crippen molar-refractivity contribution in [3.05, 3.63) is 126 Å². The van der Waals surface area contributed by atoms with Crippen LogP contribution < -0.4 is 9.73 Å². The average molecular weight is 500 g/mol. The number of hydrogen-bond acceptors (Lipinski definition) is 5. The van der Waals surface area contributed by atoms with Gasteiger partial charge in [-0.3, -0.25) is 9.10 Å². The number of carbonyl (C=O) groups is 1. The molecule has 0 heterocycles.